The van der Waals surface area contributed by atoms with E-state index in [-0.39, 0.29) is 12.3 Å². The van der Waals surface area contributed by atoms with Crippen LogP contribution < -0.4 is 5.32 Å². The van der Waals surface area contributed by atoms with Gasteiger partial charge in [0.2, 0.25) is 5.91 Å². The van der Waals surface area contributed by atoms with Crippen LogP contribution in [0.5, 0.6) is 0 Å². The van der Waals surface area contributed by atoms with E-state index in [1.165, 1.54) is 5.56 Å². The molecule has 2 heterocycles. The summed E-state index contributed by atoms with van der Waals surface area (Å²) >= 11 is 1.62. The molecular weight excluding hydrogens is 370 g/mol. The Balaban J connectivity index is 1.36. The fourth-order valence-corrected chi connectivity index (χ4v) is 4.08. The van der Waals surface area contributed by atoms with Gasteiger partial charge in [-0.05, 0) is 36.6 Å². The number of fused-ring (bicyclic) bond motifs is 1. The van der Waals surface area contributed by atoms with E-state index in [0.717, 1.165) is 39.2 Å². The van der Waals surface area contributed by atoms with Crippen LogP contribution in [0.15, 0.2) is 52.4 Å². The van der Waals surface area contributed by atoms with E-state index < -0.39 is 0 Å². The first kappa shape index (κ1) is 18.4. The molecule has 0 bridgehead atoms. The fraction of sp³-hybridized carbons (Fsp3) is 0.227. The number of thiazole rings is 1. The Morgan fingerprint density at radius 3 is 2.82 bits per heavy atom. The van der Waals surface area contributed by atoms with Crippen molar-refractivity contribution in [3.63, 3.8) is 0 Å². The largest absolute Gasteiger partial charge is 0.356 e. The molecule has 0 aliphatic rings. The van der Waals surface area contributed by atoms with Gasteiger partial charge in [0, 0.05) is 17.2 Å². The molecule has 0 spiro atoms. The molecule has 5 nitrogen and oxygen atoms in total. The number of benzene rings is 2. The van der Waals surface area contributed by atoms with Gasteiger partial charge in [0.25, 0.3) is 0 Å². The number of hydrogen-bond donors (Lipinski definition) is 1. The number of amides is 1. The summed E-state index contributed by atoms with van der Waals surface area (Å²) in [6, 6.07) is 14.3. The van der Waals surface area contributed by atoms with Crippen LogP contribution in [0.25, 0.3) is 11.0 Å². The van der Waals surface area contributed by atoms with Crippen molar-refractivity contribution >= 4 is 28.2 Å². The SMILES string of the molecule is Cc1cc(C)c2onc(CC(=O)NCc3csc(Cc4ccccc4)n3)c2c1. The number of hydrogen-bond acceptors (Lipinski definition) is 5. The summed E-state index contributed by atoms with van der Waals surface area (Å²) in [5.41, 5.74) is 5.68. The van der Waals surface area contributed by atoms with Gasteiger partial charge in [-0.25, -0.2) is 4.98 Å². The van der Waals surface area contributed by atoms with Gasteiger partial charge in [-0.2, -0.15) is 0 Å². The second-order valence-electron chi connectivity index (χ2n) is 6.94. The van der Waals surface area contributed by atoms with Crippen LogP contribution >= 0.6 is 11.3 Å². The average Bonchev–Trinajstić information content (AvgIpc) is 3.28. The highest BCUT2D eigenvalue weighted by Crippen LogP contribution is 2.24. The molecule has 4 rings (SSSR count). The summed E-state index contributed by atoms with van der Waals surface area (Å²) < 4.78 is 5.42. The molecule has 1 amide bonds. The van der Waals surface area contributed by atoms with Gasteiger partial charge in [-0.3, -0.25) is 4.79 Å². The monoisotopic (exact) mass is 391 g/mol. The van der Waals surface area contributed by atoms with Crippen molar-refractivity contribution < 1.29 is 9.32 Å². The van der Waals surface area contributed by atoms with E-state index >= 15 is 0 Å². The van der Waals surface area contributed by atoms with Gasteiger partial charge in [-0.1, -0.05) is 41.6 Å². The van der Waals surface area contributed by atoms with Crippen LogP contribution in [0.4, 0.5) is 0 Å². The Morgan fingerprint density at radius 1 is 1.18 bits per heavy atom. The second-order valence-corrected chi connectivity index (χ2v) is 7.88. The van der Waals surface area contributed by atoms with Crippen LogP contribution in [0, 0.1) is 13.8 Å². The van der Waals surface area contributed by atoms with Crippen LogP contribution in [0.1, 0.15) is 33.1 Å². The highest BCUT2D eigenvalue weighted by Gasteiger charge is 2.14. The zero-order valence-electron chi connectivity index (χ0n) is 15.9. The topological polar surface area (TPSA) is 68.0 Å². The van der Waals surface area contributed by atoms with Crippen LogP contribution in [0.3, 0.4) is 0 Å². The maximum absolute atomic E-state index is 12.4. The lowest BCUT2D eigenvalue weighted by Crippen LogP contribution is -2.24. The fourth-order valence-electron chi connectivity index (χ4n) is 3.25. The molecular formula is C22H21N3O2S. The number of nitrogens with zero attached hydrogens (tertiary/aromatic N) is 2. The first-order chi connectivity index (χ1) is 13.6. The minimum Gasteiger partial charge on any atom is -0.356 e. The third-order valence-corrected chi connectivity index (χ3v) is 5.47. The average molecular weight is 391 g/mol. The molecule has 28 heavy (non-hydrogen) atoms. The van der Waals surface area contributed by atoms with Crippen LogP contribution in [0.2, 0.25) is 0 Å². The number of aromatic nitrogens is 2. The highest BCUT2D eigenvalue weighted by molar-refractivity contribution is 7.09. The number of rotatable bonds is 6. The Labute approximate surface area is 167 Å². The molecule has 0 unspecified atom stereocenters. The smallest absolute Gasteiger partial charge is 0.226 e. The number of carbonyl (C=O) groups excluding carboxylic acids is 1. The van der Waals surface area contributed by atoms with Crippen molar-refractivity contribution in [2.24, 2.45) is 0 Å². The molecule has 0 radical (unpaired) electrons. The van der Waals surface area contributed by atoms with Gasteiger partial charge >= 0.3 is 0 Å². The van der Waals surface area contributed by atoms with Gasteiger partial charge in [0.15, 0.2) is 5.58 Å². The molecule has 1 N–H and O–H groups in total. The van der Waals surface area contributed by atoms with Crippen molar-refractivity contribution in [3.05, 3.63) is 80.9 Å². The Kier molecular flexibility index (Phi) is 5.21. The van der Waals surface area contributed by atoms with Crippen molar-refractivity contribution in [3.8, 4) is 0 Å². The molecule has 2 aromatic carbocycles. The van der Waals surface area contributed by atoms with E-state index in [2.05, 4.69) is 27.6 Å². The highest BCUT2D eigenvalue weighted by atomic mass is 32.1. The minimum atomic E-state index is -0.0908. The van der Waals surface area contributed by atoms with Crippen LogP contribution in [-0.4, -0.2) is 16.0 Å². The molecule has 2 aromatic heterocycles. The van der Waals surface area contributed by atoms with Gasteiger partial charge in [0.1, 0.15) is 5.69 Å². The van der Waals surface area contributed by atoms with E-state index in [9.17, 15) is 4.79 Å². The van der Waals surface area contributed by atoms with E-state index in [1.807, 2.05) is 49.6 Å². The summed E-state index contributed by atoms with van der Waals surface area (Å²) in [7, 11) is 0. The Bertz CT molecular complexity index is 1120. The molecule has 142 valence electrons. The first-order valence-electron chi connectivity index (χ1n) is 9.18. The van der Waals surface area contributed by atoms with Gasteiger partial charge in [0.05, 0.1) is 23.7 Å². The summed E-state index contributed by atoms with van der Waals surface area (Å²) in [5.74, 6) is -0.0908. The lowest BCUT2D eigenvalue weighted by atomic mass is 10.1. The predicted molar refractivity (Wildman–Crippen MR) is 110 cm³/mol. The summed E-state index contributed by atoms with van der Waals surface area (Å²) in [6.45, 7) is 4.43. The molecule has 0 fully saturated rings. The van der Waals surface area contributed by atoms with E-state index in [0.29, 0.717) is 12.2 Å². The molecule has 0 aliphatic heterocycles. The molecule has 0 saturated heterocycles. The van der Waals surface area contributed by atoms with Gasteiger partial charge in [-0.15, -0.1) is 11.3 Å². The standard InChI is InChI=1S/C22H21N3O2S/c1-14-8-15(2)22-18(9-14)19(25-27-22)11-20(26)23-12-17-13-28-21(24-17)10-16-6-4-3-5-7-16/h3-9,13H,10-12H2,1-2H3,(H,23,26). The quantitative estimate of drug-likeness (QED) is 0.531. The molecule has 0 aliphatic carbocycles. The first-order valence-corrected chi connectivity index (χ1v) is 10.1. The van der Waals surface area contributed by atoms with Crippen molar-refractivity contribution in [2.75, 3.05) is 0 Å². The molecule has 4 aromatic rings. The zero-order chi connectivity index (χ0) is 19.5. The van der Waals surface area contributed by atoms with Crippen molar-refractivity contribution in [1.82, 2.24) is 15.5 Å². The lowest BCUT2D eigenvalue weighted by Gasteiger charge is -2.02. The molecule has 0 atom stereocenters. The maximum atomic E-state index is 12.4. The molecule has 0 saturated carbocycles. The third-order valence-electron chi connectivity index (χ3n) is 4.57. The van der Waals surface area contributed by atoms with Crippen LogP contribution in [-0.2, 0) is 24.2 Å². The summed E-state index contributed by atoms with van der Waals surface area (Å²) in [5, 5.41) is 11.0. The van der Waals surface area contributed by atoms with E-state index in [4.69, 9.17) is 4.52 Å². The zero-order valence-corrected chi connectivity index (χ0v) is 16.7. The lowest BCUT2D eigenvalue weighted by molar-refractivity contribution is -0.120. The Morgan fingerprint density at radius 2 is 2.00 bits per heavy atom. The normalized spacial score (nSPS) is 11.1. The second kappa shape index (κ2) is 7.94. The van der Waals surface area contributed by atoms with Crippen molar-refractivity contribution in [2.45, 2.75) is 33.2 Å². The Hall–Kier alpha value is -2.99. The number of aryl methyl sites for hydroxylation is 2. The number of nitrogens with one attached hydrogen (secondary N) is 1. The molecule has 6 heteroatoms. The van der Waals surface area contributed by atoms with E-state index in [1.54, 1.807) is 11.3 Å². The number of carbonyl (C=O) groups is 1. The van der Waals surface area contributed by atoms with Crippen molar-refractivity contribution in [1.29, 1.82) is 0 Å². The predicted octanol–water partition coefficient (Wildman–Crippen LogP) is 4.35. The summed E-state index contributed by atoms with van der Waals surface area (Å²) in [6.07, 6.45) is 1.000. The van der Waals surface area contributed by atoms with Gasteiger partial charge < -0.3 is 9.84 Å². The third kappa shape index (κ3) is 4.12. The summed E-state index contributed by atoms with van der Waals surface area (Å²) in [4.78, 5) is 17.0. The maximum Gasteiger partial charge on any atom is 0.226 e. The minimum absolute atomic E-state index is 0.0908.